The number of ether oxygens (including phenoxy) is 2. The molecule has 4 N–H and O–H groups in total. The Morgan fingerprint density at radius 1 is 1.43 bits per heavy atom. The number of methoxy groups -OCH3 is 1. The van der Waals surface area contributed by atoms with Crippen LogP contribution in [0, 0.1) is 0 Å². The molecule has 7 nitrogen and oxygen atoms in total. The number of hydrogen-bond donors (Lipinski definition) is 4. The fraction of sp³-hybridized carbons (Fsp3) is 0.857. The number of alkyl carbamates (subject to hydrolysis) is 1. The van der Waals surface area contributed by atoms with Gasteiger partial charge in [0.25, 0.3) is 0 Å². The molecule has 0 aromatic heterocycles. The van der Waals surface area contributed by atoms with Crippen LogP contribution in [0.2, 0.25) is 0 Å². The molecule has 4 atom stereocenters. The van der Waals surface area contributed by atoms with E-state index in [1.54, 1.807) is 0 Å². The monoisotopic (exact) mass is 207 g/mol. The highest BCUT2D eigenvalue weighted by atomic mass is 16.6. The van der Waals surface area contributed by atoms with Crippen LogP contribution in [0.5, 0.6) is 0 Å². The minimum atomic E-state index is -1.38. The van der Waals surface area contributed by atoms with E-state index in [1.807, 2.05) is 0 Å². The summed E-state index contributed by atoms with van der Waals surface area (Å²) in [7, 11) is 1.16. The van der Waals surface area contributed by atoms with Crippen LogP contribution in [0.3, 0.4) is 0 Å². The fourth-order valence-corrected chi connectivity index (χ4v) is 1.11. The van der Waals surface area contributed by atoms with Gasteiger partial charge in [-0.3, -0.25) is 5.32 Å². The van der Waals surface area contributed by atoms with E-state index < -0.39 is 30.6 Å². The maximum atomic E-state index is 10.7. The Balaban J connectivity index is 2.50. The standard InChI is InChI=1S/C7H13NO6/c1-13-7(12)8-6-5(11)4(10)3(9)2-14-6/h3-6,9-11H,2H2,1H3,(H,8,12). The third-order valence-electron chi connectivity index (χ3n) is 1.95. The van der Waals surface area contributed by atoms with E-state index in [1.165, 1.54) is 0 Å². The molecule has 4 unspecified atom stereocenters. The molecule has 0 saturated carbocycles. The summed E-state index contributed by atoms with van der Waals surface area (Å²) in [5.41, 5.74) is 0. The van der Waals surface area contributed by atoms with Gasteiger partial charge in [-0.05, 0) is 0 Å². The first-order valence-corrected chi connectivity index (χ1v) is 4.06. The Labute approximate surface area is 80.2 Å². The van der Waals surface area contributed by atoms with Gasteiger partial charge < -0.3 is 24.8 Å². The zero-order chi connectivity index (χ0) is 10.7. The van der Waals surface area contributed by atoms with Crippen molar-refractivity contribution in [2.24, 2.45) is 0 Å². The van der Waals surface area contributed by atoms with Crippen molar-refractivity contribution in [3.05, 3.63) is 0 Å². The fourth-order valence-electron chi connectivity index (χ4n) is 1.11. The van der Waals surface area contributed by atoms with Gasteiger partial charge in [0.15, 0.2) is 6.23 Å². The maximum absolute atomic E-state index is 10.7. The minimum absolute atomic E-state index is 0.160. The van der Waals surface area contributed by atoms with Gasteiger partial charge in [-0.25, -0.2) is 4.79 Å². The van der Waals surface area contributed by atoms with Crippen LogP contribution in [-0.4, -0.2) is 59.7 Å². The smallest absolute Gasteiger partial charge is 0.408 e. The highest BCUT2D eigenvalue weighted by molar-refractivity contribution is 5.67. The second kappa shape index (κ2) is 4.56. The second-order valence-corrected chi connectivity index (χ2v) is 2.94. The number of aliphatic hydroxyl groups is 3. The van der Waals surface area contributed by atoms with E-state index in [9.17, 15) is 15.0 Å². The van der Waals surface area contributed by atoms with Gasteiger partial charge in [0.05, 0.1) is 13.7 Å². The molecule has 14 heavy (non-hydrogen) atoms. The van der Waals surface area contributed by atoms with Crippen molar-refractivity contribution in [2.75, 3.05) is 13.7 Å². The lowest BCUT2D eigenvalue weighted by Crippen LogP contribution is -2.58. The molecule has 1 amide bonds. The summed E-state index contributed by atoms with van der Waals surface area (Å²) in [5.74, 6) is 0. The van der Waals surface area contributed by atoms with Crippen molar-refractivity contribution in [3.63, 3.8) is 0 Å². The molecular formula is C7H13NO6. The Bertz CT molecular complexity index is 210. The zero-order valence-corrected chi connectivity index (χ0v) is 7.58. The summed E-state index contributed by atoms with van der Waals surface area (Å²) in [4.78, 5) is 10.7. The Hall–Kier alpha value is -0.890. The molecule has 0 bridgehead atoms. The summed E-state index contributed by atoms with van der Waals surface area (Å²) >= 11 is 0. The van der Waals surface area contributed by atoms with E-state index in [2.05, 4.69) is 10.1 Å². The SMILES string of the molecule is COC(=O)NC1OCC(O)C(O)C1O. The molecule has 1 aliphatic rings. The third kappa shape index (κ3) is 2.32. The normalized spacial score (nSPS) is 37.7. The van der Waals surface area contributed by atoms with Gasteiger partial charge in [-0.15, -0.1) is 0 Å². The van der Waals surface area contributed by atoms with Crippen molar-refractivity contribution in [2.45, 2.75) is 24.5 Å². The molecule has 1 fully saturated rings. The lowest BCUT2D eigenvalue weighted by molar-refractivity contribution is -0.192. The van der Waals surface area contributed by atoms with Crippen LogP contribution in [0.4, 0.5) is 4.79 Å². The van der Waals surface area contributed by atoms with E-state index in [0.717, 1.165) is 7.11 Å². The van der Waals surface area contributed by atoms with Crippen LogP contribution in [0.15, 0.2) is 0 Å². The van der Waals surface area contributed by atoms with Gasteiger partial charge >= 0.3 is 6.09 Å². The summed E-state index contributed by atoms with van der Waals surface area (Å²) in [5, 5.41) is 29.8. The summed E-state index contributed by atoms with van der Waals surface area (Å²) in [6.45, 7) is -0.160. The number of nitrogens with one attached hydrogen (secondary N) is 1. The van der Waals surface area contributed by atoms with Gasteiger partial charge in [0.1, 0.15) is 18.3 Å². The molecule has 1 aliphatic heterocycles. The van der Waals surface area contributed by atoms with Crippen molar-refractivity contribution in [1.29, 1.82) is 0 Å². The summed E-state index contributed by atoms with van der Waals surface area (Å²) in [6, 6.07) is 0. The minimum Gasteiger partial charge on any atom is -0.453 e. The number of carbonyl (C=O) groups is 1. The maximum Gasteiger partial charge on any atom is 0.408 e. The van der Waals surface area contributed by atoms with Crippen LogP contribution in [0.25, 0.3) is 0 Å². The van der Waals surface area contributed by atoms with Gasteiger partial charge in [0.2, 0.25) is 0 Å². The largest absolute Gasteiger partial charge is 0.453 e. The first kappa shape index (κ1) is 11.2. The van der Waals surface area contributed by atoms with Crippen LogP contribution in [-0.2, 0) is 9.47 Å². The highest BCUT2D eigenvalue weighted by Crippen LogP contribution is 2.13. The van der Waals surface area contributed by atoms with E-state index >= 15 is 0 Å². The van der Waals surface area contributed by atoms with Crippen LogP contribution >= 0.6 is 0 Å². The van der Waals surface area contributed by atoms with E-state index in [0.29, 0.717) is 0 Å². The molecule has 0 aromatic rings. The van der Waals surface area contributed by atoms with Gasteiger partial charge in [-0.2, -0.15) is 0 Å². The Morgan fingerprint density at radius 3 is 2.64 bits per heavy atom. The lowest BCUT2D eigenvalue weighted by atomic mass is 10.0. The van der Waals surface area contributed by atoms with Crippen molar-refractivity contribution in [3.8, 4) is 0 Å². The first-order chi connectivity index (χ1) is 6.56. The molecule has 0 aliphatic carbocycles. The Morgan fingerprint density at radius 2 is 2.07 bits per heavy atom. The molecule has 0 spiro atoms. The average Bonchev–Trinajstić information content (AvgIpc) is 2.19. The second-order valence-electron chi connectivity index (χ2n) is 2.94. The molecule has 0 radical (unpaired) electrons. The molecule has 82 valence electrons. The van der Waals surface area contributed by atoms with Crippen molar-refractivity contribution >= 4 is 6.09 Å². The number of amides is 1. The molecule has 1 saturated heterocycles. The topological polar surface area (TPSA) is 108 Å². The molecule has 1 rings (SSSR count). The zero-order valence-electron chi connectivity index (χ0n) is 7.58. The Kier molecular flexibility index (Phi) is 3.64. The molecular weight excluding hydrogens is 194 g/mol. The van der Waals surface area contributed by atoms with Crippen LogP contribution < -0.4 is 5.32 Å². The average molecular weight is 207 g/mol. The van der Waals surface area contributed by atoms with Crippen molar-refractivity contribution in [1.82, 2.24) is 5.32 Å². The number of rotatable bonds is 1. The first-order valence-electron chi connectivity index (χ1n) is 4.06. The quantitative estimate of drug-likeness (QED) is 0.388. The van der Waals surface area contributed by atoms with Gasteiger partial charge in [0, 0.05) is 0 Å². The number of hydrogen-bond acceptors (Lipinski definition) is 6. The van der Waals surface area contributed by atoms with Crippen molar-refractivity contribution < 1.29 is 29.6 Å². The number of aliphatic hydroxyl groups excluding tert-OH is 3. The number of carbonyl (C=O) groups excluding carboxylic acids is 1. The van der Waals surface area contributed by atoms with Crippen LogP contribution in [0.1, 0.15) is 0 Å². The molecule has 0 aromatic carbocycles. The summed E-state index contributed by atoms with van der Waals surface area (Å²) in [6.07, 6.45) is -5.72. The van der Waals surface area contributed by atoms with Gasteiger partial charge in [-0.1, -0.05) is 0 Å². The lowest BCUT2D eigenvalue weighted by Gasteiger charge is -2.34. The predicted molar refractivity (Wildman–Crippen MR) is 43.3 cm³/mol. The highest BCUT2D eigenvalue weighted by Gasteiger charge is 2.38. The van der Waals surface area contributed by atoms with E-state index in [-0.39, 0.29) is 6.61 Å². The molecule has 1 heterocycles. The predicted octanol–water partition coefficient (Wildman–Crippen LogP) is -2.22. The third-order valence-corrected chi connectivity index (χ3v) is 1.95. The molecule has 7 heteroatoms. The van der Waals surface area contributed by atoms with E-state index in [4.69, 9.17) is 9.84 Å². The summed E-state index contributed by atoms with van der Waals surface area (Å²) < 4.78 is 9.15.